The first-order valence-corrected chi connectivity index (χ1v) is 7.39. The zero-order chi connectivity index (χ0) is 14.6. The van der Waals surface area contributed by atoms with Crippen molar-refractivity contribution in [3.63, 3.8) is 0 Å². The number of nitrogens with two attached hydrogens (primary N) is 1. The summed E-state index contributed by atoms with van der Waals surface area (Å²) in [6.45, 7) is 5.14. The molecule has 0 atom stereocenters. The predicted molar refractivity (Wildman–Crippen MR) is 91.4 cm³/mol. The minimum absolute atomic E-state index is 0. The van der Waals surface area contributed by atoms with Gasteiger partial charge in [0.25, 0.3) is 0 Å². The highest BCUT2D eigenvalue weighted by atomic mass is 35.5. The van der Waals surface area contributed by atoms with Crippen molar-refractivity contribution in [1.29, 1.82) is 0 Å². The molecule has 0 aliphatic heterocycles. The van der Waals surface area contributed by atoms with E-state index < -0.39 is 0 Å². The number of halogens is 1. The van der Waals surface area contributed by atoms with Gasteiger partial charge in [-0.1, -0.05) is 18.2 Å². The first kappa shape index (κ1) is 17.8. The van der Waals surface area contributed by atoms with Crippen LogP contribution in [0.3, 0.4) is 0 Å². The van der Waals surface area contributed by atoms with Crippen LogP contribution in [0.1, 0.15) is 24.3 Å². The maximum absolute atomic E-state index is 5.64. The van der Waals surface area contributed by atoms with Gasteiger partial charge in [0.2, 0.25) is 0 Å². The number of rotatable bonds is 6. The van der Waals surface area contributed by atoms with Crippen LogP contribution in [-0.4, -0.2) is 17.6 Å². The summed E-state index contributed by atoms with van der Waals surface area (Å²) in [6, 6.07) is 8.13. The number of benzene rings is 1. The van der Waals surface area contributed by atoms with Crippen molar-refractivity contribution in [2.75, 3.05) is 12.8 Å². The van der Waals surface area contributed by atoms with E-state index in [1.54, 1.807) is 7.11 Å². The van der Waals surface area contributed by atoms with E-state index in [1.807, 2.05) is 24.4 Å². The molecule has 2 aromatic rings. The van der Waals surface area contributed by atoms with Crippen LogP contribution in [0.25, 0.3) is 0 Å². The molecule has 0 unspecified atom stereocenters. The summed E-state index contributed by atoms with van der Waals surface area (Å²) in [5, 5.41) is 4.16. The second-order valence-corrected chi connectivity index (χ2v) is 6.54. The Hall–Kier alpha value is -1.30. The molecule has 0 saturated heterocycles. The molecule has 0 spiro atoms. The van der Waals surface area contributed by atoms with E-state index in [9.17, 15) is 0 Å². The molecule has 0 amide bonds. The highest BCUT2D eigenvalue weighted by Crippen LogP contribution is 2.23. The van der Waals surface area contributed by atoms with Crippen LogP contribution in [0, 0.1) is 0 Å². The van der Waals surface area contributed by atoms with Crippen LogP contribution in [0.15, 0.2) is 30.5 Å². The normalized spacial score (nSPS) is 11.0. The van der Waals surface area contributed by atoms with Gasteiger partial charge in [-0.25, -0.2) is 4.98 Å². The van der Waals surface area contributed by atoms with Crippen molar-refractivity contribution in [1.82, 2.24) is 10.3 Å². The third kappa shape index (κ3) is 5.19. The minimum atomic E-state index is -0.0343. The number of aromatic nitrogens is 1. The molecule has 21 heavy (non-hydrogen) atoms. The van der Waals surface area contributed by atoms with Gasteiger partial charge in [0.05, 0.1) is 7.11 Å². The standard InChI is InChI=1S/C15H21N3OS.ClH/c1-15(2,18-10-12-9-17-14(16)20-12)8-11-6-4-5-7-13(11)19-3;/h4-7,9,18H,8,10H2,1-3H3,(H2,16,17);1H. The molecule has 2 rings (SSSR count). The molecule has 0 aliphatic carbocycles. The van der Waals surface area contributed by atoms with Crippen molar-refractivity contribution in [3.8, 4) is 5.75 Å². The van der Waals surface area contributed by atoms with Gasteiger partial charge in [-0.05, 0) is 31.9 Å². The first-order valence-electron chi connectivity index (χ1n) is 6.57. The Morgan fingerprint density at radius 3 is 2.67 bits per heavy atom. The molecule has 1 aromatic carbocycles. The van der Waals surface area contributed by atoms with E-state index in [2.05, 4.69) is 30.2 Å². The largest absolute Gasteiger partial charge is 0.496 e. The zero-order valence-corrected chi connectivity index (χ0v) is 14.2. The molecular formula is C15H22ClN3OS. The summed E-state index contributed by atoms with van der Waals surface area (Å²) in [5.74, 6) is 0.935. The van der Waals surface area contributed by atoms with E-state index >= 15 is 0 Å². The fourth-order valence-corrected chi connectivity index (χ4v) is 2.74. The summed E-state index contributed by atoms with van der Waals surface area (Å²) >= 11 is 1.52. The lowest BCUT2D eigenvalue weighted by Gasteiger charge is -2.27. The number of thiazole rings is 1. The maximum Gasteiger partial charge on any atom is 0.180 e. The van der Waals surface area contributed by atoms with E-state index in [0.29, 0.717) is 5.13 Å². The number of nitrogen functional groups attached to an aromatic ring is 1. The Balaban J connectivity index is 0.00000220. The van der Waals surface area contributed by atoms with Crippen LogP contribution in [0.4, 0.5) is 5.13 Å². The quantitative estimate of drug-likeness (QED) is 0.855. The monoisotopic (exact) mass is 327 g/mol. The van der Waals surface area contributed by atoms with Crippen molar-refractivity contribution in [3.05, 3.63) is 40.9 Å². The van der Waals surface area contributed by atoms with Gasteiger partial charge < -0.3 is 15.8 Å². The lowest BCUT2D eigenvalue weighted by Crippen LogP contribution is -2.40. The number of nitrogens with one attached hydrogen (secondary N) is 1. The van der Waals surface area contributed by atoms with Gasteiger partial charge in [0, 0.05) is 23.2 Å². The smallest absolute Gasteiger partial charge is 0.180 e. The minimum Gasteiger partial charge on any atom is -0.496 e. The lowest BCUT2D eigenvalue weighted by atomic mass is 9.94. The van der Waals surface area contributed by atoms with E-state index in [4.69, 9.17) is 10.5 Å². The van der Waals surface area contributed by atoms with E-state index in [0.717, 1.165) is 23.6 Å². The molecule has 0 aliphatic rings. The molecule has 0 saturated carbocycles. The second-order valence-electron chi connectivity index (χ2n) is 5.39. The lowest BCUT2D eigenvalue weighted by molar-refractivity contribution is 0.368. The molecule has 116 valence electrons. The van der Waals surface area contributed by atoms with Crippen LogP contribution in [0.2, 0.25) is 0 Å². The molecule has 0 radical (unpaired) electrons. The topological polar surface area (TPSA) is 60.2 Å². The Morgan fingerprint density at radius 2 is 2.05 bits per heavy atom. The number of anilines is 1. The van der Waals surface area contributed by atoms with Gasteiger partial charge in [0.15, 0.2) is 5.13 Å². The molecule has 0 fully saturated rings. The number of hydrogen-bond donors (Lipinski definition) is 2. The molecule has 6 heteroatoms. The van der Waals surface area contributed by atoms with E-state index in [1.165, 1.54) is 16.9 Å². The molecular weight excluding hydrogens is 306 g/mol. The first-order chi connectivity index (χ1) is 9.50. The zero-order valence-electron chi connectivity index (χ0n) is 12.6. The van der Waals surface area contributed by atoms with Gasteiger partial charge in [-0.3, -0.25) is 0 Å². The van der Waals surface area contributed by atoms with Gasteiger partial charge in [-0.15, -0.1) is 23.7 Å². The Morgan fingerprint density at radius 1 is 1.33 bits per heavy atom. The Labute approximate surface area is 136 Å². The van der Waals surface area contributed by atoms with Crippen LogP contribution in [-0.2, 0) is 13.0 Å². The van der Waals surface area contributed by atoms with Crippen LogP contribution >= 0.6 is 23.7 Å². The van der Waals surface area contributed by atoms with Gasteiger partial charge in [-0.2, -0.15) is 0 Å². The Bertz CT molecular complexity index is 572. The fourth-order valence-electron chi connectivity index (χ4n) is 2.12. The Kier molecular flexibility index (Phi) is 6.45. The highest BCUT2D eigenvalue weighted by molar-refractivity contribution is 7.15. The summed E-state index contributed by atoms with van der Waals surface area (Å²) in [5.41, 5.74) is 6.81. The number of hydrogen-bond acceptors (Lipinski definition) is 5. The number of para-hydroxylation sites is 1. The molecule has 1 aromatic heterocycles. The number of ether oxygens (including phenoxy) is 1. The van der Waals surface area contributed by atoms with Crippen molar-refractivity contribution < 1.29 is 4.74 Å². The van der Waals surface area contributed by atoms with E-state index in [-0.39, 0.29) is 17.9 Å². The van der Waals surface area contributed by atoms with Crippen LogP contribution < -0.4 is 15.8 Å². The summed E-state index contributed by atoms with van der Waals surface area (Å²) in [4.78, 5) is 5.21. The van der Waals surface area contributed by atoms with Gasteiger partial charge in [0.1, 0.15) is 5.75 Å². The predicted octanol–water partition coefficient (Wildman–Crippen LogP) is 3.27. The third-order valence-electron chi connectivity index (χ3n) is 3.14. The molecule has 0 bridgehead atoms. The second kappa shape index (κ2) is 7.64. The number of methoxy groups -OCH3 is 1. The maximum atomic E-state index is 5.64. The average molecular weight is 328 g/mol. The van der Waals surface area contributed by atoms with Crippen molar-refractivity contribution >= 4 is 28.9 Å². The summed E-state index contributed by atoms with van der Waals surface area (Å²) in [6.07, 6.45) is 2.72. The third-order valence-corrected chi connectivity index (χ3v) is 3.96. The molecule has 3 N–H and O–H groups in total. The highest BCUT2D eigenvalue weighted by Gasteiger charge is 2.20. The van der Waals surface area contributed by atoms with Crippen molar-refractivity contribution in [2.24, 2.45) is 0 Å². The van der Waals surface area contributed by atoms with Gasteiger partial charge >= 0.3 is 0 Å². The summed E-state index contributed by atoms with van der Waals surface area (Å²) in [7, 11) is 1.71. The number of nitrogens with zero attached hydrogens (tertiary/aromatic N) is 1. The molecule has 1 heterocycles. The molecule has 4 nitrogen and oxygen atoms in total. The fraction of sp³-hybridized carbons (Fsp3) is 0.400. The average Bonchev–Trinajstić information content (AvgIpc) is 2.83. The summed E-state index contributed by atoms with van der Waals surface area (Å²) < 4.78 is 5.41. The van der Waals surface area contributed by atoms with Crippen LogP contribution in [0.5, 0.6) is 5.75 Å². The van der Waals surface area contributed by atoms with Crippen molar-refractivity contribution in [2.45, 2.75) is 32.4 Å². The SMILES string of the molecule is COc1ccccc1CC(C)(C)NCc1cnc(N)s1.Cl.